The summed E-state index contributed by atoms with van der Waals surface area (Å²) in [4.78, 5) is 17.1. The van der Waals surface area contributed by atoms with Crippen molar-refractivity contribution in [3.63, 3.8) is 0 Å². The van der Waals surface area contributed by atoms with Crippen molar-refractivity contribution in [1.29, 1.82) is 0 Å². The molecule has 0 saturated carbocycles. The molecule has 5 rings (SSSR count). The molecule has 1 N–H and O–H groups in total. The zero-order valence-corrected chi connectivity index (χ0v) is 18.4. The summed E-state index contributed by atoms with van der Waals surface area (Å²) >= 11 is 18.6. The first-order valence-electron chi connectivity index (χ1n) is 9.51. The van der Waals surface area contributed by atoms with Crippen molar-refractivity contribution >= 4 is 51.7 Å². The highest BCUT2D eigenvalue weighted by atomic mass is 35.5. The molecule has 4 heterocycles. The molecule has 0 spiro atoms. The summed E-state index contributed by atoms with van der Waals surface area (Å²) in [6.45, 7) is 0.359. The number of pyridine rings is 1. The van der Waals surface area contributed by atoms with Crippen molar-refractivity contribution in [3.8, 4) is 0 Å². The number of hydrogen-bond donors (Lipinski definition) is 1. The van der Waals surface area contributed by atoms with Crippen LogP contribution in [-0.4, -0.2) is 26.5 Å². The van der Waals surface area contributed by atoms with E-state index in [0.29, 0.717) is 23.6 Å². The third-order valence-corrected chi connectivity index (χ3v) is 6.17. The van der Waals surface area contributed by atoms with Crippen LogP contribution in [0, 0.1) is 0 Å². The fourth-order valence-electron chi connectivity index (χ4n) is 4.07. The number of anilines is 1. The highest BCUT2D eigenvalue weighted by Gasteiger charge is 2.37. The smallest absolute Gasteiger partial charge is 0.356 e. The number of halogens is 6. The van der Waals surface area contributed by atoms with Crippen molar-refractivity contribution in [2.45, 2.75) is 18.6 Å². The quantitative estimate of drug-likeness (QED) is 0.321. The maximum atomic E-state index is 13.3. The SMILES string of the molecule is FC(F)(F)c1ccnc(N2CCc3c([nH]c4ccc(Cl)cc34)C2c2ccc(Cl)nc2Cl)n1. The third-order valence-electron chi connectivity index (χ3n) is 5.42. The van der Waals surface area contributed by atoms with Crippen LogP contribution in [0.15, 0.2) is 42.6 Å². The molecule has 0 saturated heterocycles. The normalized spacial score (nSPS) is 16.4. The highest BCUT2D eigenvalue weighted by molar-refractivity contribution is 6.33. The van der Waals surface area contributed by atoms with Crippen molar-refractivity contribution in [3.05, 3.63) is 80.4 Å². The van der Waals surface area contributed by atoms with Gasteiger partial charge >= 0.3 is 6.18 Å². The van der Waals surface area contributed by atoms with E-state index in [1.807, 2.05) is 12.1 Å². The predicted molar refractivity (Wildman–Crippen MR) is 117 cm³/mol. The van der Waals surface area contributed by atoms with Gasteiger partial charge in [-0.05, 0) is 42.3 Å². The zero-order chi connectivity index (χ0) is 22.6. The Kier molecular flexibility index (Phi) is 5.19. The number of nitrogens with one attached hydrogen (secondary N) is 1. The van der Waals surface area contributed by atoms with E-state index >= 15 is 0 Å². The largest absolute Gasteiger partial charge is 0.433 e. The molecule has 11 heteroatoms. The molecule has 5 nitrogen and oxygen atoms in total. The lowest BCUT2D eigenvalue weighted by molar-refractivity contribution is -0.141. The molecule has 1 atom stereocenters. The van der Waals surface area contributed by atoms with Crippen LogP contribution in [-0.2, 0) is 12.6 Å². The van der Waals surface area contributed by atoms with Gasteiger partial charge < -0.3 is 9.88 Å². The second-order valence-corrected chi connectivity index (χ2v) is 8.49. The summed E-state index contributed by atoms with van der Waals surface area (Å²) in [7, 11) is 0. The average Bonchev–Trinajstić information content (AvgIpc) is 3.11. The van der Waals surface area contributed by atoms with Gasteiger partial charge in [0.1, 0.15) is 22.0 Å². The fraction of sp³-hybridized carbons (Fsp3) is 0.190. The van der Waals surface area contributed by atoms with Crippen LogP contribution in [0.5, 0.6) is 0 Å². The molecule has 1 aliphatic heterocycles. The number of hydrogen-bond acceptors (Lipinski definition) is 4. The van der Waals surface area contributed by atoms with Gasteiger partial charge in [-0.1, -0.05) is 40.9 Å². The Morgan fingerprint density at radius 3 is 2.59 bits per heavy atom. The standard InChI is InChI=1S/C21H13Cl3F3N5/c22-10-1-3-14-13(9-10)11-6-8-32(20-28-7-5-15(30-20)21(25,26)27)18(17(11)29-14)12-2-4-16(23)31-19(12)24/h1-5,7,9,18,29H,6,8H2. The molecular weight excluding hydrogens is 486 g/mol. The number of rotatable bonds is 2. The van der Waals surface area contributed by atoms with E-state index in [1.165, 1.54) is 0 Å². The third kappa shape index (κ3) is 3.66. The Hall–Kier alpha value is -2.55. The summed E-state index contributed by atoms with van der Waals surface area (Å²) in [6.07, 6.45) is -2.94. The Morgan fingerprint density at radius 2 is 1.84 bits per heavy atom. The van der Waals surface area contributed by atoms with Gasteiger partial charge in [-0.15, -0.1) is 0 Å². The molecule has 0 amide bonds. The average molecular weight is 499 g/mol. The lowest BCUT2D eigenvalue weighted by Crippen LogP contribution is -2.38. The molecule has 0 bridgehead atoms. The maximum Gasteiger partial charge on any atom is 0.433 e. The summed E-state index contributed by atoms with van der Waals surface area (Å²) < 4.78 is 39.9. The molecule has 0 radical (unpaired) electrons. The van der Waals surface area contributed by atoms with Gasteiger partial charge in [-0.25, -0.2) is 15.0 Å². The number of alkyl halides is 3. The van der Waals surface area contributed by atoms with E-state index in [9.17, 15) is 13.2 Å². The monoisotopic (exact) mass is 497 g/mol. The Labute approximate surface area is 195 Å². The number of fused-ring (bicyclic) bond motifs is 3. The van der Waals surface area contributed by atoms with Gasteiger partial charge in [0, 0.05) is 39.9 Å². The fourth-order valence-corrected chi connectivity index (χ4v) is 4.69. The minimum atomic E-state index is -4.59. The van der Waals surface area contributed by atoms with Gasteiger partial charge in [0.15, 0.2) is 0 Å². The molecule has 32 heavy (non-hydrogen) atoms. The lowest BCUT2D eigenvalue weighted by Gasteiger charge is -2.36. The molecule has 1 aromatic carbocycles. The number of benzene rings is 1. The number of nitrogens with zero attached hydrogens (tertiary/aromatic N) is 4. The first-order chi connectivity index (χ1) is 15.2. The minimum absolute atomic E-state index is 0.0572. The summed E-state index contributed by atoms with van der Waals surface area (Å²) in [5.74, 6) is -0.0572. The van der Waals surface area contributed by atoms with Gasteiger partial charge in [0.2, 0.25) is 5.95 Å². The summed E-state index contributed by atoms with van der Waals surface area (Å²) in [5, 5.41) is 1.88. The van der Waals surface area contributed by atoms with Gasteiger partial charge in [-0.3, -0.25) is 0 Å². The van der Waals surface area contributed by atoms with E-state index in [2.05, 4.69) is 19.9 Å². The second-order valence-electron chi connectivity index (χ2n) is 7.31. The first-order valence-corrected chi connectivity index (χ1v) is 10.6. The van der Waals surface area contributed by atoms with Gasteiger partial charge in [0.25, 0.3) is 0 Å². The molecule has 1 aliphatic rings. The number of aromatic amines is 1. The van der Waals surface area contributed by atoms with E-state index < -0.39 is 17.9 Å². The molecule has 164 valence electrons. The Morgan fingerprint density at radius 1 is 1.03 bits per heavy atom. The summed E-state index contributed by atoms with van der Waals surface area (Å²) in [6, 6.07) is 9.02. The van der Waals surface area contributed by atoms with Crippen LogP contribution in [0.25, 0.3) is 10.9 Å². The summed E-state index contributed by atoms with van der Waals surface area (Å²) in [5.41, 5.74) is 2.17. The molecule has 3 aromatic heterocycles. The lowest BCUT2D eigenvalue weighted by atomic mass is 9.93. The Balaban J connectivity index is 1.72. The predicted octanol–water partition coefficient (Wildman–Crippen LogP) is 6.48. The maximum absolute atomic E-state index is 13.3. The van der Waals surface area contributed by atoms with Crippen LogP contribution < -0.4 is 4.90 Å². The van der Waals surface area contributed by atoms with E-state index in [-0.39, 0.29) is 16.3 Å². The van der Waals surface area contributed by atoms with Crippen LogP contribution in [0.2, 0.25) is 15.3 Å². The van der Waals surface area contributed by atoms with Crippen molar-refractivity contribution in [1.82, 2.24) is 19.9 Å². The van der Waals surface area contributed by atoms with Gasteiger partial charge in [-0.2, -0.15) is 13.2 Å². The molecule has 4 aromatic rings. The zero-order valence-electron chi connectivity index (χ0n) is 16.1. The minimum Gasteiger partial charge on any atom is -0.356 e. The highest BCUT2D eigenvalue weighted by Crippen LogP contribution is 2.42. The van der Waals surface area contributed by atoms with Crippen LogP contribution in [0.3, 0.4) is 0 Å². The second kappa shape index (κ2) is 7.79. The van der Waals surface area contributed by atoms with Crippen LogP contribution in [0.4, 0.5) is 19.1 Å². The van der Waals surface area contributed by atoms with Crippen LogP contribution >= 0.6 is 34.8 Å². The van der Waals surface area contributed by atoms with E-state index in [1.54, 1.807) is 23.1 Å². The first kappa shape index (κ1) is 21.3. The van der Waals surface area contributed by atoms with Gasteiger partial charge in [0.05, 0.1) is 0 Å². The van der Waals surface area contributed by atoms with E-state index in [0.717, 1.165) is 34.4 Å². The number of aromatic nitrogens is 4. The van der Waals surface area contributed by atoms with Crippen LogP contribution in [0.1, 0.15) is 28.6 Å². The molecular formula is C21H13Cl3F3N5. The number of H-pyrrole nitrogens is 1. The molecule has 1 unspecified atom stereocenters. The topological polar surface area (TPSA) is 57.7 Å². The van der Waals surface area contributed by atoms with E-state index in [4.69, 9.17) is 34.8 Å². The van der Waals surface area contributed by atoms with Crippen molar-refractivity contribution < 1.29 is 13.2 Å². The molecule has 0 fully saturated rings. The Bertz CT molecular complexity index is 1340. The molecule has 0 aliphatic carbocycles. The van der Waals surface area contributed by atoms with Crippen molar-refractivity contribution in [2.24, 2.45) is 0 Å². The van der Waals surface area contributed by atoms with Crippen molar-refractivity contribution in [2.75, 3.05) is 11.4 Å².